The van der Waals surface area contributed by atoms with Gasteiger partial charge in [0.05, 0.1) is 13.2 Å². The van der Waals surface area contributed by atoms with Crippen molar-refractivity contribution in [1.29, 1.82) is 0 Å². The monoisotopic (exact) mass is 255 g/mol. The van der Waals surface area contributed by atoms with Crippen LogP contribution in [-0.4, -0.2) is 65.7 Å². The third-order valence-corrected chi connectivity index (χ3v) is 3.72. The van der Waals surface area contributed by atoms with Crippen molar-refractivity contribution in [3.63, 3.8) is 0 Å². The standard InChI is InChI=1S/C12H21N3O3/c16-8-7-14(10-3-1-2-4-10)9-11(17)15-6-5-13-12(15)18/h10,16H,1-9H2,(H,13,18). The van der Waals surface area contributed by atoms with E-state index in [2.05, 4.69) is 5.32 Å². The summed E-state index contributed by atoms with van der Waals surface area (Å²) in [6, 6.07) is 0.0853. The number of amides is 3. The van der Waals surface area contributed by atoms with Crippen molar-refractivity contribution >= 4 is 11.9 Å². The molecule has 6 nitrogen and oxygen atoms in total. The van der Waals surface area contributed by atoms with Gasteiger partial charge in [0.1, 0.15) is 0 Å². The van der Waals surface area contributed by atoms with Crippen LogP contribution >= 0.6 is 0 Å². The van der Waals surface area contributed by atoms with Gasteiger partial charge in [-0.1, -0.05) is 12.8 Å². The second kappa shape index (κ2) is 6.15. The summed E-state index contributed by atoms with van der Waals surface area (Å²) in [6.07, 6.45) is 4.54. The molecule has 0 spiro atoms. The molecule has 0 aromatic carbocycles. The fraction of sp³-hybridized carbons (Fsp3) is 0.833. The van der Waals surface area contributed by atoms with Crippen LogP contribution in [0.15, 0.2) is 0 Å². The number of aliphatic hydroxyl groups excluding tert-OH is 1. The van der Waals surface area contributed by atoms with Gasteiger partial charge in [0.25, 0.3) is 0 Å². The molecule has 2 aliphatic rings. The Balaban J connectivity index is 1.91. The van der Waals surface area contributed by atoms with E-state index in [4.69, 9.17) is 5.11 Å². The summed E-state index contributed by atoms with van der Waals surface area (Å²) in [5.74, 6) is -0.162. The minimum absolute atomic E-state index is 0.0516. The van der Waals surface area contributed by atoms with Gasteiger partial charge in [-0.15, -0.1) is 0 Å². The fourth-order valence-corrected chi connectivity index (χ4v) is 2.76. The number of hydrogen-bond donors (Lipinski definition) is 2. The zero-order chi connectivity index (χ0) is 13.0. The van der Waals surface area contributed by atoms with Gasteiger partial charge < -0.3 is 10.4 Å². The Hall–Kier alpha value is -1.14. The molecule has 102 valence electrons. The molecule has 1 aliphatic heterocycles. The van der Waals surface area contributed by atoms with Gasteiger partial charge in [-0.05, 0) is 12.8 Å². The normalized spacial score (nSPS) is 20.8. The Bertz CT molecular complexity index is 316. The van der Waals surface area contributed by atoms with E-state index in [1.54, 1.807) is 0 Å². The lowest BCUT2D eigenvalue weighted by Gasteiger charge is -2.28. The summed E-state index contributed by atoms with van der Waals surface area (Å²) in [5, 5.41) is 11.7. The van der Waals surface area contributed by atoms with E-state index in [9.17, 15) is 9.59 Å². The number of nitrogens with zero attached hydrogens (tertiary/aromatic N) is 2. The SMILES string of the molecule is O=C(CN(CCO)C1CCCC1)N1CCNC1=O. The molecule has 2 fully saturated rings. The quantitative estimate of drug-likeness (QED) is 0.712. The Morgan fingerprint density at radius 2 is 2.17 bits per heavy atom. The van der Waals surface area contributed by atoms with Crippen molar-refractivity contribution < 1.29 is 14.7 Å². The molecule has 1 saturated carbocycles. The maximum Gasteiger partial charge on any atom is 0.324 e. The summed E-state index contributed by atoms with van der Waals surface area (Å²) in [7, 11) is 0. The molecule has 0 atom stereocenters. The average Bonchev–Trinajstić information content (AvgIpc) is 2.98. The number of carbonyl (C=O) groups excluding carboxylic acids is 2. The summed E-state index contributed by atoms with van der Waals surface area (Å²) < 4.78 is 0. The lowest BCUT2D eigenvalue weighted by molar-refractivity contribution is -0.129. The van der Waals surface area contributed by atoms with Crippen molar-refractivity contribution in [3.8, 4) is 0 Å². The van der Waals surface area contributed by atoms with Crippen molar-refractivity contribution in [1.82, 2.24) is 15.1 Å². The topological polar surface area (TPSA) is 72.9 Å². The highest BCUT2D eigenvalue weighted by molar-refractivity contribution is 5.96. The Morgan fingerprint density at radius 3 is 2.72 bits per heavy atom. The highest BCUT2D eigenvalue weighted by atomic mass is 16.3. The first kappa shape index (κ1) is 13.3. The Morgan fingerprint density at radius 1 is 1.44 bits per heavy atom. The van der Waals surface area contributed by atoms with E-state index in [1.807, 2.05) is 4.90 Å². The van der Waals surface area contributed by atoms with Crippen molar-refractivity contribution in [3.05, 3.63) is 0 Å². The first-order valence-corrected chi connectivity index (χ1v) is 6.65. The first-order valence-electron chi connectivity index (χ1n) is 6.65. The van der Waals surface area contributed by atoms with Gasteiger partial charge in [0.15, 0.2) is 0 Å². The second-order valence-corrected chi connectivity index (χ2v) is 4.91. The average molecular weight is 255 g/mol. The molecule has 1 saturated heterocycles. The van der Waals surface area contributed by atoms with E-state index in [1.165, 1.54) is 17.7 Å². The Kier molecular flexibility index (Phi) is 4.54. The third-order valence-electron chi connectivity index (χ3n) is 3.72. The summed E-state index contributed by atoms with van der Waals surface area (Å²) in [4.78, 5) is 26.7. The van der Waals surface area contributed by atoms with Crippen molar-refractivity contribution in [2.24, 2.45) is 0 Å². The van der Waals surface area contributed by atoms with E-state index in [-0.39, 0.29) is 25.1 Å². The van der Waals surface area contributed by atoms with Crippen LogP contribution in [0.2, 0.25) is 0 Å². The molecule has 18 heavy (non-hydrogen) atoms. The smallest absolute Gasteiger partial charge is 0.324 e. The number of imide groups is 1. The maximum absolute atomic E-state index is 12.0. The van der Waals surface area contributed by atoms with Crippen LogP contribution < -0.4 is 5.32 Å². The van der Waals surface area contributed by atoms with Crippen LogP contribution in [0.3, 0.4) is 0 Å². The molecule has 3 amide bonds. The predicted octanol–water partition coefficient (Wildman–Crippen LogP) is -0.225. The van der Waals surface area contributed by atoms with Gasteiger partial charge in [-0.2, -0.15) is 0 Å². The van der Waals surface area contributed by atoms with Crippen LogP contribution in [0.1, 0.15) is 25.7 Å². The van der Waals surface area contributed by atoms with E-state index in [0.717, 1.165) is 12.8 Å². The zero-order valence-corrected chi connectivity index (χ0v) is 10.6. The van der Waals surface area contributed by atoms with E-state index < -0.39 is 0 Å². The molecule has 2 rings (SSSR count). The molecule has 1 aliphatic carbocycles. The molecule has 0 unspecified atom stereocenters. The van der Waals surface area contributed by atoms with Crippen LogP contribution in [0, 0.1) is 0 Å². The third kappa shape index (κ3) is 3.00. The molecule has 2 N–H and O–H groups in total. The molecule has 0 bridgehead atoms. The van der Waals surface area contributed by atoms with Crippen molar-refractivity contribution in [2.45, 2.75) is 31.7 Å². The number of nitrogens with one attached hydrogen (secondary N) is 1. The molecule has 0 aromatic heterocycles. The largest absolute Gasteiger partial charge is 0.395 e. The first-order chi connectivity index (χ1) is 8.72. The lowest BCUT2D eigenvalue weighted by atomic mass is 10.2. The van der Waals surface area contributed by atoms with E-state index >= 15 is 0 Å². The number of carbonyl (C=O) groups is 2. The molecular weight excluding hydrogens is 234 g/mol. The minimum Gasteiger partial charge on any atom is -0.395 e. The van der Waals surface area contributed by atoms with Gasteiger partial charge in [0.2, 0.25) is 5.91 Å². The van der Waals surface area contributed by atoms with Crippen LogP contribution in [0.4, 0.5) is 4.79 Å². The molecular formula is C12H21N3O3. The molecule has 0 radical (unpaired) electrons. The van der Waals surface area contributed by atoms with Gasteiger partial charge >= 0.3 is 6.03 Å². The van der Waals surface area contributed by atoms with Crippen LogP contribution in [0.25, 0.3) is 0 Å². The molecule has 0 aromatic rings. The molecule has 6 heteroatoms. The van der Waals surface area contributed by atoms with Crippen molar-refractivity contribution in [2.75, 3.05) is 32.8 Å². The second-order valence-electron chi connectivity index (χ2n) is 4.91. The molecule has 1 heterocycles. The highest BCUT2D eigenvalue weighted by Crippen LogP contribution is 2.23. The van der Waals surface area contributed by atoms with E-state index in [0.29, 0.717) is 25.7 Å². The number of aliphatic hydroxyl groups is 1. The number of hydrogen-bond acceptors (Lipinski definition) is 4. The minimum atomic E-state index is -0.296. The van der Waals surface area contributed by atoms with Gasteiger partial charge in [-0.3, -0.25) is 14.6 Å². The lowest BCUT2D eigenvalue weighted by Crippen LogP contribution is -2.46. The summed E-state index contributed by atoms with van der Waals surface area (Å²) in [5.41, 5.74) is 0. The van der Waals surface area contributed by atoms with Crippen LogP contribution in [-0.2, 0) is 4.79 Å². The summed E-state index contributed by atoms with van der Waals surface area (Å²) in [6.45, 7) is 1.78. The van der Waals surface area contributed by atoms with Gasteiger partial charge in [0, 0.05) is 25.7 Å². The predicted molar refractivity (Wildman–Crippen MR) is 66.0 cm³/mol. The van der Waals surface area contributed by atoms with Crippen LogP contribution in [0.5, 0.6) is 0 Å². The van der Waals surface area contributed by atoms with Gasteiger partial charge in [-0.25, -0.2) is 4.79 Å². The Labute approximate surface area is 107 Å². The number of urea groups is 1. The summed E-state index contributed by atoms with van der Waals surface area (Å²) >= 11 is 0. The maximum atomic E-state index is 12.0. The highest BCUT2D eigenvalue weighted by Gasteiger charge is 2.30. The fourth-order valence-electron chi connectivity index (χ4n) is 2.76. The zero-order valence-electron chi connectivity index (χ0n) is 10.6. The number of rotatable bonds is 5.